The molecule has 7 heteroatoms. The number of aryl methyl sites for hydroxylation is 3. The van der Waals surface area contributed by atoms with Gasteiger partial charge in [0.1, 0.15) is 5.75 Å². The molecular weight excluding hydrogens is 334 g/mol. The van der Waals surface area contributed by atoms with E-state index in [9.17, 15) is 9.59 Å². The van der Waals surface area contributed by atoms with Gasteiger partial charge in [0.25, 0.3) is 5.91 Å². The van der Waals surface area contributed by atoms with Crippen molar-refractivity contribution in [1.29, 1.82) is 0 Å². The number of carbonyl (C=O) groups is 2. The largest absolute Gasteiger partial charge is 0.495 e. The molecule has 1 heterocycles. The number of amides is 1. The zero-order valence-corrected chi connectivity index (χ0v) is 15.6. The van der Waals surface area contributed by atoms with Gasteiger partial charge in [0.15, 0.2) is 6.61 Å². The third-order valence-electron chi connectivity index (χ3n) is 3.93. The molecule has 2 rings (SSSR count). The molecule has 1 aromatic heterocycles. The molecule has 7 nitrogen and oxygen atoms in total. The molecule has 0 saturated carbocycles. The Morgan fingerprint density at radius 1 is 1.27 bits per heavy atom. The minimum atomic E-state index is -0.598. The van der Waals surface area contributed by atoms with E-state index >= 15 is 0 Å². The number of hydrogen-bond acceptors (Lipinski definition) is 5. The van der Waals surface area contributed by atoms with Crippen molar-refractivity contribution in [2.45, 2.75) is 20.8 Å². The molecule has 0 aliphatic rings. The number of esters is 1. The second-order valence-corrected chi connectivity index (χ2v) is 5.90. The SMILES string of the molecule is COc1ccc(C)cc1NC(=O)COC(=O)/C=C/c1c(C)nn(C)c1C. The Balaban J connectivity index is 1.92. The van der Waals surface area contributed by atoms with Gasteiger partial charge in [-0.2, -0.15) is 5.10 Å². The molecule has 0 fully saturated rings. The summed E-state index contributed by atoms with van der Waals surface area (Å²) in [5.41, 5.74) is 4.13. The summed E-state index contributed by atoms with van der Waals surface area (Å²) in [5.74, 6) is -0.499. The second-order valence-electron chi connectivity index (χ2n) is 5.90. The maximum absolute atomic E-state index is 12.0. The van der Waals surface area contributed by atoms with Gasteiger partial charge in [-0.1, -0.05) is 6.07 Å². The van der Waals surface area contributed by atoms with Gasteiger partial charge in [-0.3, -0.25) is 9.48 Å². The molecule has 0 aliphatic heterocycles. The number of nitrogens with zero attached hydrogens (tertiary/aromatic N) is 2. The lowest BCUT2D eigenvalue weighted by Crippen LogP contribution is -2.20. The van der Waals surface area contributed by atoms with E-state index in [0.717, 1.165) is 22.5 Å². The van der Waals surface area contributed by atoms with Gasteiger partial charge in [0.2, 0.25) is 0 Å². The summed E-state index contributed by atoms with van der Waals surface area (Å²) in [6.45, 7) is 5.29. The summed E-state index contributed by atoms with van der Waals surface area (Å²) < 4.78 is 11.9. The van der Waals surface area contributed by atoms with Gasteiger partial charge in [-0.25, -0.2) is 4.79 Å². The molecule has 26 heavy (non-hydrogen) atoms. The molecule has 1 N–H and O–H groups in total. The fourth-order valence-corrected chi connectivity index (χ4v) is 2.47. The van der Waals surface area contributed by atoms with E-state index in [2.05, 4.69) is 10.4 Å². The molecule has 0 aliphatic carbocycles. The monoisotopic (exact) mass is 357 g/mol. The molecule has 2 aromatic rings. The van der Waals surface area contributed by atoms with Crippen LogP contribution < -0.4 is 10.1 Å². The minimum Gasteiger partial charge on any atom is -0.495 e. The Kier molecular flexibility index (Phi) is 6.16. The summed E-state index contributed by atoms with van der Waals surface area (Å²) in [5, 5.41) is 6.94. The maximum Gasteiger partial charge on any atom is 0.331 e. The molecule has 0 spiro atoms. The quantitative estimate of drug-likeness (QED) is 0.635. The van der Waals surface area contributed by atoms with Crippen LogP contribution in [0.1, 0.15) is 22.5 Å². The molecule has 0 bridgehead atoms. The summed E-state index contributed by atoms with van der Waals surface area (Å²) in [6.07, 6.45) is 2.93. The highest BCUT2D eigenvalue weighted by molar-refractivity contribution is 5.95. The average Bonchev–Trinajstić information content (AvgIpc) is 2.83. The van der Waals surface area contributed by atoms with Gasteiger partial charge in [-0.15, -0.1) is 0 Å². The average molecular weight is 357 g/mol. The summed E-state index contributed by atoms with van der Waals surface area (Å²) in [7, 11) is 3.36. The zero-order valence-electron chi connectivity index (χ0n) is 15.6. The van der Waals surface area contributed by atoms with Crippen molar-refractivity contribution in [3.05, 3.63) is 46.8 Å². The molecule has 138 valence electrons. The van der Waals surface area contributed by atoms with Crippen LogP contribution in [-0.4, -0.2) is 35.4 Å². The van der Waals surface area contributed by atoms with Crippen LogP contribution in [0, 0.1) is 20.8 Å². The zero-order chi connectivity index (χ0) is 19.3. The van der Waals surface area contributed by atoms with Crippen molar-refractivity contribution >= 4 is 23.6 Å². The number of nitrogens with one attached hydrogen (secondary N) is 1. The normalized spacial score (nSPS) is 10.8. The minimum absolute atomic E-state index is 0.384. The van der Waals surface area contributed by atoms with E-state index in [0.29, 0.717) is 11.4 Å². The number of methoxy groups -OCH3 is 1. The van der Waals surface area contributed by atoms with E-state index in [1.807, 2.05) is 33.9 Å². The predicted molar refractivity (Wildman–Crippen MR) is 99.0 cm³/mol. The van der Waals surface area contributed by atoms with Crippen molar-refractivity contribution in [3.63, 3.8) is 0 Å². The van der Waals surface area contributed by atoms with E-state index in [-0.39, 0.29) is 6.61 Å². The highest BCUT2D eigenvalue weighted by Gasteiger charge is 2.11. The highest BCUT2D eigenvalue weighted by atomic mass is 16.5. The number of ether oxygens (including phenoxy) is 2. The van der Waals surface area contributed by atoms with Crippen molar-refractivity contribution in [1.82, 2.24) is 9.78 Å². The molecule has 1 amide bonds. The Hall–Kier alpha value is -3.09. The first-order chi connectivity index (χ1) is 12.3. The number of carbonyl (C=O) groups excluding carboxylic acids is 2. The van der Waals surface area contributed by atoms with Crippen LogP contribution in [0.2, 0.25) is 0 Å². The summed E-state index contributed by atoms with van der Waals surface area (Å²) in [4.78, 5) is 23.8. The van der Waals surface area contributed by atoms with Crippen molar-refractivity contribution in [3.8, 4) is 5.75 Å². The van der Waals surface area contributed by atoms with Crippen molar-refractivity contribution in [2.75, 3.05) is 19.0 Å². The molecular formula is C19H23N3O4. The standard InChI is InChI=1S/C19H23N3O4/c1-12-6-8-17(25-5)16(10-12)20-18(23)11-26-19(24)9-7-15-13(2)21-22(4)14(15)3/h6-10H,11H2,1-5H3,(H,20,23)/b9-7+. The molecule has 1 aromatic carbocycles. The first-order valence-electron chi connectivity index (χ1n) is 8.11. The van der Waals surface area contributed by atoms with E-state index in [4.69, 9.17) is 9.47 Å². The second kappa shape index (κ2) is 8.33. The lowest BCUT2D eigenvalue weighted by Gasteiger charge is -2.10. The lowest BCUT2D eigenvalue weighted by atomic mass is 10.2. The number of rotatable bonds is 6. The van der Waals surface area contributed by atoms with Gasteiger partial charge in [-0.05, 0) is 44.5 Å². The van der Waals surface area contributed by atoms with E-state index < -0.39 is 11.9 Å². The van der Waals surface area contributed by atoms with Gasteiger partial charge >= 0.3 is 5.97 Å². The number of aromatic nitrogens is 2. The van der Waals surface area contributed by atoms with Gasteiger partial charge in [0.05, 0.1) is 18.5 Å². The van der Waals surface area contributed by atoms with Crippen LogP contribution in [0.5, 0.6) is 5.75 Å². The van der Waals surface area contributed by atoms with Gasteiger partial charge < -0.3 is 14.8 Å². The first-order valence-corrected chi connectivity index (χ1v) is 8.11. The van der Waals surface area contributed by atoms with Crippen LogP contribution in [-0.2, 0) is 21.4 Å². The first kappa shape index (κ1) is 19.2. The van der Waals surface area contributed by atoms with E-state index in [1.54, 1.807) is 22.9 Å². The van der Waals surface area contributed by atoms with Crippen LogP contribution >= 0.6 is 0 Å². The van der Waals surface area contributed by atoms with Crippen molar-refractivity contribution < 1.29 is 19.1 Å². The summed E-state index contributed by atoms with van der Waals surface area (Å²) in [6, 6.07) is 5.42. The molecule has 0 atom stereocenters. The highest BCUT2D eigenvalue weighted by Crippen LogP contribution is 2.25. The van der Waals surface area contributed by atoms with Crippen molar-refractivity contribution in [2.24, 2.45) is 7.05 Å². The van der Waals surface area contributed by atoms with E-state index in [1.165, 1.54) is 13.2 Å². The number of anilines is 1. The van der Waals surface area contributed by atoms with Crippen LogP contribution in [0.25, 0.3) is 6.08 Å². The Labute approximate surface area is 152 Å². The maximum atomic E-state index is 12.0. The fraction of sp³-hybridized carbons (Fsp3) is 0.316. The lowest BCUT2D eigenvalue weighted by molar-refractivity contribution is -0.142. The molecule has 0 radical (unpaired) electrons. The Morgan fingerprint density at radius 2 is 2.00 bits per heavy atom. The number of hydrogen-bond donors (Lipinski definition) is 1. The van der Waals surface area contributed by atoms with Crippen LogP contribution in [0.3, 0.4) is 0 Å². The van der Waals surface area contributed by atoms with Gasteiger partial charge in [0, 0.05) is 24.4 Å². The van der Waals surface area contributed by atoms with Crippen LogP contribution in [0.15, 0.2) is 24.3 Å². The predicted octanol–water partition coefficient (Wildman–Crippen LogP) is 2.55. The van der Waals surface area contributed by atoms with Crippen LogP contribution in [0.4, 0.5) is 5.69 Å². The number of benzene rings is 1. The Bertz CT molecular complexity index is 853. The topological polar surface area (TPSA) is 82.4 Å². The third-order valence-corrected chi connectivity index (χ3v) is 3.93. The fourth-order valence-electron chi connectivity index (χ4n) is 2.47. The molecule has 0 saturated heterocycles. The summed E-state index contributed by atoms with van der Waals surface area (Å²) >= 11 is 0. The Morgan fingerprint density at radius 3 is 2.62 bits per heavy atom. The third kappa shape index (κ3) is 4.72. The smallest absolute Gasteiger partial charge is 0.331 e. The molecule has 0 unspecified atom stereocenters.